The minimum Gasteiger partial charge on any atom is -0.508 e. The van der Waals surface area contributed by atoms with E-state index in [-0.39, 0.29) is 5.75 Å². The molecular formula is C9H13O3P. The zero-order valence-corrected chi connectivity index (χ0v) is 8.37. The van der Waals surface area contributed by atoms with Crippen molar-refractivity contribution in [1.82, 2.24) is 0 Å². The molecular weight excluding hydrogens is 187 g/mol. The van der Waals surface area contributed by atoms with Gasteiger partial charge in [0.2, 0.25) is 0 Å². The lowest BCUT2D eigenvalue weighted by Crippen LogP contribution is -1.88. The lowest BCUT2D eigenvalue weighted by Gasteiger charge is -2.08. The normalized spacial score (nSPS) is 12.8. The Morgan fingerprint density at radius 3 is 2.85 bits per heavy atom. The van der Waals surface area contributed by atoms with Crippen LogP contribution in [0.15, 0.2) is 24.3 Å². The average molecular weight is 200 g/mol. The fourth-order valence-electron chi connectivity index (χ4n) is 1.01. The van der Waals surface area contributed by atoms with Crippen molar-refractivity contribution >= 4 is 8.38 Å². The smallest absolute Gasteiger partial charge is 0.172 e. The lowest BCUT2D eigenvalue weighted by atomic mass is 10.2. The van der Waals surface area contributed by atoms with Gasteiger partial charge in [0.1, 0.15) is 5.75 Å². The topological polar surface area (TPSA) is 49.7 Å². The zero-order valence-electron chi connectivity index (χ0n) is 7.47. The number of hydrogen-bond donors (Lipinski definition) is 2. The van der Waals surface area contributed by atoms with Crippen molar-refractivity contribution in [3.05, 3.63) is 29.8 Å². The molecule has 1 rings (SSSR count). The molecule has 0 radical (unpaired) electrons. The zero-order chi connectivity index (χ0) is 9.68. The molecule has 4 heteroatoms. The van der Waals surface area contributed by atoms with Crippen LogP contribution in [-0.4, -0.2) is 16.6 Å². The van der Waals surface area contributed by atoms with Crippen LogP contribution in [0.5, 0.6) is 5.75 Å². The van der Waals surface area contributed by atoms with Crippen molar-refractivity contribution in [2.75, 3.05) is 6.61 Å². The second-order valence-corrected chi connectivity index (χ2v) is 3.88. The molecule has 0 aliphatic heterocycles. The summed E-state index contributed by atoms with van der Waals surface area (Å²) < 4.78 is 5.02. The summed E-state index contributed by atoms with van der Waals surface area (Å²) in [6.07, 6.45) is 0.470. The fraction of sp³-hybridized carbons (Fsp3) is 0.333. The summed E-state index contributed by atoms with van der Waals surface area (Å²) in [6.45, 7) is 2.36. The van der Waals surface area contributed by atoms with Gasteiger partial charge in [-0.2, -0.15) is 0 Å². The maximum atomic E-state index is 9.35. The van der Waals surface area contributed by atoms with Gasteiger partial charge >= 0.3 is 0 Å². The Morgan fingerprint density at radius 2 is 2.23 bits per heavy atom. The van der Waals surface area contributed by atoms with Crippen LogP contribution >= 0.6 is 8.38 Å². The van der Waals surface area contributed by atoms with Crippen LogP contribution in [-0.2, 0) is 10.7 Å². The monoisotopic (exact) mass is 200 g/mol. The molecule has 13 heavy (non-hydrogen) atoms. The third-order valence-electron chi connectivity index (χ3n) is 1.51. The number of hydrogen-bond acceptors (Lipinski definition) is 3. The maximum Gasteiger partial charge on any atom is 0.172 e. The van der Waals surface area contributed by atoms with Gasteiger partial charge in [-0.25, -0.2) is 0 Å². The second-order valence-electron chi connectivity index (χ2n) is 2.60. The van der Waals surface area contributed by atoms with Crippen LogP contribution < -0.4 is 0 Å². The number of aromatic hydroxyl groups is 1. The van der Waals surface area contributed by atoms with E-state index in [0.29, 0.717) is 12.8 Å². The van der Waals surface area contributed by atoms with E-state index in [2.05, 4.69) is 0 Å². The third-order valence-corrected chi connectivity index (χ3v) is 2.70. The Bertz CT molecular complexity index is 265. The molecule has 0 saturated heterocycles. The predicted octanol–water partition coefficient (Wildman–Crippen LogP) is 2.23. The van der Waals surface area contributed by atoms with Crippen LogP contribution in [0, 0.1) is 0 Å². The minimum absolute atomic E-state index is 0.220. The molecule has 0 aromatic heterocycles. The van der Waals surface area contributed by atoms with Crippen molar-refractivity contribution in [3.63, 3.8) is 0 Å². The number of phenolic OH excluding ortho intramolecular Hbond substituents is 1. The summed E-state index contributed by atoms with van der Waals surface area (Å²) in [4.78, 5) is 9.35. The van der Waals surface area contributed by atoms with E-state index in [1.54, 1.807) is 18.2 Å². The van der Waals surface area contributed by atoms with Crippen LogP contribution in [0.25, 0.3) is 0 Å². The Balaban J connectivity index is 2.53. The summed E-state index contributed by atoms with van der Waals surface area (Å²) in [5, 5.41) is 9.14. The van der Waals surface area contributed by atoms with Crippen molar-refractivity contribution < 1.29 is 14.5 Å². The second kappa shape index (κ2) is 5.18. The summed E-state index contributed by atoms with van der Waals surface area (Å²) in [6, 6.07) is 6.83. The predicted molar refractivity (Wildman–Crippen MR) is 52.6 cm³/mol. The molecule has 0 amide bonds. The largest absolute Gasteiger partial charge is 0.508 e. The summed E-state index contributed by atoms with van der Waals surface area (Å²) in [5.74, 6) is 0.220. The molecule has 0 aliphatic rings. The Labute approximate surface area is 78.9 Å². The highest BCUT2D eigenvalue weighted by Crippen LogP contribution is 2.36. The molecule has 2 N–H and O–H groups in total. The van der Waals surface area contributed by atoms with Gasteiger partial charge in [-0.05, 0) is 24.6 Å². The molecule has 0 bridgehead atoms. The highest BCUT2D eigenvalue weighted by Gasteiger charge is 2.05. The molecule has 0 heterocycles. The first-order valence-electron chi connectivity index (χ1n) is 4.09. The highest BCUT2D eigenvalue weighted by molar-refractivity contribution is 7.45. The first-order valence-corrected chi connectivity index (χ1v) is 5.49. The summed E-state index contributed by atoms with van der Waals surface area (Å²) >= 11 is 0. The van der Waals surface area contributed by atoms with Crippen LogP contribution in [0.1, 0.15) is 12.5 Å². The van der Waals surface area contributed by atoms with Gasteiger partial charge in [0, 0.05) is 6.16 Å². The van der Waals surface area contributed by atoms with Crippen molar-refractivity contribution in [1.29, 1.82) is 0 Å². The summed E-state index contributed by atoms with van der Waals surface area (Å²) in [7, 11) is -1.38. The molecule has 1 unspecified atom stereocenters. The molecule has 1 aromatic rings. The lowest BCUT2D eigenvalue weighted by molar-refractivity contribution is 0.328. The van der Waals surface area contributed by atoms with Crippen molar-refractivity contribution in [3.8, 4) is 5.75 Å². The Hall–Kier alpha value is -0.630. The molecule has 1 atom stereocenters. The SMILES string of the molecule is CCOP(O)Cc1cccc(O)c1. The summed E-state index contributed by atoms with van der Waals surface area (Å²) in [5.41, 5.74) is 0.891. The molecule has 0 spiro atoms. The number of phenols is 1. The fourth-order valence-corrected chi connectivity index (χ4v) is 1.90. The van der Waals surface area contributed by atoms with Gasteiger partial charge in [0.25, 0.3) is 0 Å². The van der Waals surface area contributed by atoms with Crippen molar-refractivity contribution in [2.24, 2.45) is 0 Å². The average Bonchev–Trinajstić information content (AvgIpc) is 2.04. The van der Waals surface area contributed by atoms with Gasteiger partial charge in [0.15, 0.2) is 8.38 Å². The molecule has 3 nitrogen and oxygen atoms in total. The van der Waals surface area contributed by atoms with Crippen LogP contribution in [0.2, 0.25) is 0 Å². The van der Waals surface area contributed by atoms with E-state index in [9.17, 15) is 4.89 Å². The molecule has 0 fully saturated rings. The quantitative estimate of drug-likeness (QED) is 0.733. The number of rotatable bonds is 4. The third kappa shape index (κ3) is 3.73. The standard InChI is InChI=1S/C9H13O3P/c1-2-12-13(11)7-8-4-3-5-9(10)6-8/h3-6,10-11H,2,7H2,1H3. The van der Waals surface area contributed by atoms with Crippen LogP contribution in [0.4, 0.5) is 0 Å². The minimum atomic E-state index is -1.38. The van der Waals surface area contributed by atoms with E-state index >= 15 is 0 Å². The Kier molecular flexibility index (Phi) is 4.16. The van der Waals surface area contributed by atoms with Gasteiger partial charge in [-0.15, -0.1) is 0 Å². The van der Waals surface area contributed by atoms with E-state index in [1.807, 2.05) is 13.0 Å². The van der Waals surface area contributed by atoms with Gasteiger partial charge < -0.3 is 14.5 Å². The van der Waals surface area contributed by atoms with Gasteiger partial charge in [-0.1, -0.05) is 12.1 Å². The molecule has 1 aromatic carbocycles. The van der Waals surface area contributed by atoms with Crippen molar-refractivity contribution in [2.45, 2.75) is 13.1 Å². The van der Waals surface area contributed by atoms with E-state index in [1.165, 1.54) is 0 Å². The van der Waals surface area contributed by atoms with E-state index < -0.39 is 8.38 Å². The molecule has 72 valence electrons. The van der Waals surface area contributed by atoms with E-state index in [0.717, 1.165) is 5.56 Å². The maximum absolute atomic E-state index is 9.35. The first-order chi connectivity index (χ1) is 6.22. The first kappa shape index (κ1) is 10.5. The van der Waals surface area contributed by atoms with Crippen LogP contribution in [0.3, 0.4) is 0 Å². The molecule has 0 saturated carbocycles. The Morgan fingerprint density at radius 1 is 1.46 bits per heavy atom. The van der Waals surface area contributed by atoms with E-state index in [4.69, 9.17) is 9.63 Å². The molecule has 0 aliphatic carbocycles. The highest BCUT2D eigenvalue weighted by atomic mass is 31.2. The van der Waals surface area contributed by atoms with Gasteiger partial charge in [0.05, 0.1) is 6.61 Å². The van der Waals surface area contributed by atoms with Gasteiger partial charge in [-0.3, -0.25) is 0 Å². The number of benzene rings is 1.